The van der Waals surface area contributed by atoms with Gasteiger partial charge in [0.25, 0.3) is 0 Å². The number of hydrogen-bond acceptors (Lipinski definition) is 2. The Hall–Kier alpha value is -1.55. The zero-order valence-electron chi connectivity index (χ0n) is 8.12. The Morgan fingerprint density at radius 2 is 2.00 bits per heavy atom. The van der Waals surface area contributed by atoms with Gasteiger partial charge in [-0.1, -0.05) is 0 Å². The largest absolute Gasteiger partial charge is 0.240 e. The van der Waals surface area contributed by atoms with E-state index in [0.717, 1.165) is 6.07 Å². The number of nitrogens with zero attached hydrogens (tertiary/aromatic N) is 2. The van der Waals surface area contributed by atoms with E-state index in [4.69, 9.17) is 11.6 Å². The van der Waals surface area contributed by atoms with Gasteiger partial charge in [-0.2, -0.15) is 0 Å². The molecule has 0 radical (unpaired) electrons. The van der Waals surface area contributed by atoms with Gasteiger partial charge >= 0.3 is 0 Å². The summed E-state index contributed by atoms with van der Waals surface area (Å²) in [6.07, 6.45) is 1.49. The molecule has 0 saturated carbocycles. The molecule has 0 fully saturated rings. The molecular weight excluding hydrogens is 234 g/mol. The van der Waals surface area contributed by atoms with Crippen LogP contribution in [0.4, 0.5) is 8.78 Å². The van der Waals surface area contributed by atoms with Gasteiger partial charge in [-0.25, -0.2) is 18.7 Å². The quantitative estimate of drug-likeness (QED) is 0.754. The molecule has 0 unspecified atom stereocenters. The summed E-state index contributed by atoms with van der Waals surface area (Å²) in [4.78, 5) is 7.94. The lowest BCUT2D eigenvalue weighted by molar-refractivity contribution is 0.585. The second kappa shape index (κ2) is 4.53. The minimum Gasteiger partial charge on any atom is -0.240 e. The number of rotatable bonds is 2. The molecule has 2 nitrogen and oxygen atoms in total. The second-order valence-electron chi connectivity index (χ2n) is 3.12. The highest BCUT2D eigenvalue weighted by atomic mass is 35.5. The first-order chi connectivity index (χ1) is 7.70. The van der Waals surface area contributed by atoms with Gasteiger partial charge in [0.05, 0.1) is 11.6 Å². The van der Waals surface area contributed by atoms with E-state index in [1.54, 1.807) is 6.07 Å². The van der Waals surface area contributed by atoms with Crippen LogP contribution in [-0.2, 0) is 5.88 Å². The third kappa shape index (κ3) is 2.17. The zero-order valence-corrected chi connectivity index (χ0v) is 8.88. The number of benzene rings is 1. The molecule has 0 amide bonds. The van der Waals surface area contributed by atoms with E-state index in [1.165, 1.54) is 18.3 Å². The van der Waals surface area contributed by atoms with Crippen molar-refractivity contribution in [2.75, 3.05) is 0 Å². The van der Waals surface area contributed by atoms with Gasteiger partial charge in [-0.05, 0) is 18.2 Å². The van der Waals surface area contributed by atoms with E-state index in [-0.39, 0.29) is 11.4 Å². The first-order valence-electron chi connectivity index (χ1n) is 4.54. The summed E-state index contributed by atoms with van der Waals surface area (Å²) in [6.45, 7) is 0. The van der Waals surface area contributed by atoms with E-state index in [0.29, 0.717) is 11.5 Å². The van der Waals surface area contributed by atoms with Crippen molar-refractivity contribution in [2.45, 2.75) is 5.88 Å². The number of halogens is 3. The van der Waals surface area contributed by atoms with E-state index >= 15 is 0 Å². The summed E-state index contributed by atoms with van der Waals surface area (Å²) < 4.78 is 26.2. The Kier molecular flexibility index (Phi) is 3.10. The van der Waals surface area contributed by atoms with Crippen molar-refractivity contribution in [1.82, 2.24) is 9.97 Å². The Morgan fingerprint density at radius 3 is 2.69 bits per heavy atom. The smallest absolute Gasteiger partial charge is 0.143 e. The van der Waals surface area contributed by atoms with Crippen molar-refractivity contribution >= 4 is 11.6 Å². The third-order valence-corrected chi connectivity index (χ3v) is 2.27. The van der Waals surface area contributed by atoms with Crippen molar-refractivity contribution < 1.29 is 8.78 Å². The summed E-state index contributed by atoms with van der Waals surface area (Å²) >= 11 is 5.57. The van der Waals surface area contributed by atoms with Gasteiger partial charge in [0, 0.05) is 17.8 Å². The molecule has 0 atom stereocenters. The Morgan fingerprint density at radius 1 is 1.19 bits per heavy atom. The molecule has 0 aliphatic rings. The SMILES string of the molecule is Fc1ccc(-c2ccnc(CCl)n2)c(F)c1. The molecule has 16 heavy (non-hydrogen) atoms. The fourth-order valence-electron chi connectivity index (χ4n) is 1.31. The van der Waals surface area contributed by atoms with Crippen LogP contribution in [0.25, 0.3) is 11.3 Å². The maximum atomic E-state index is 13.4. The Labute approximate surface area is 95.9 Å². The Bertz CT molecular complexity index is 517. The van der Waals surface area contributed by atoms with Gasteiger partial charge in [-0.3, -0.25) is 0 Å². The summed E-state index contributed by atoms with van der Waals surface area (Å²) in [5.41, 5.74) is 0.623. The fourth-order valence-corrected chi connectivity index (χ4v) is 1.44. The van der Waals surface area contributed by atoms with Crippen molar-refractivity contribution in [3.63, 3.8) is 0 Å². The van der Waals surface area contributed by atoms with Crippen LogP contribution < -0.4 is 0 Å². The molecule has 0 N–H and O–H groups in total. The molecule has 5 heteroatoms. The van der Waals surface area contributed by atoms with Gasteiger partial charge in [0.15, 0.2) is 0 Å². The van der Waals surface area contributed by atoms with Gasteiger partial charge < -0.3 is 0 Å². The van der Waals surface area contributed by atoms with Gasteiger partial charge in [-0.15, -0.1) is 11.6 Å². The van der Waals surface area contributed by atoms with Crippen LogP contribution in [-0.4, -0.2) is 9.97 Å². The van der Waals surface area contributed by atoms with Crippen molar-refractivity contribution in [1.29, 1.82) is 0 Å². The minimum atomic E-state index is -0.653. The zero-order chi connectivity index (χ0) is 11.5. The van der Waals surface area contributed by atoms with Crippen LogP contribution in [0.15, 0.2) is 30.5 Å². The fraction of sp³-hybridized carbons (Fsp3) is 0.0909. The molecule has 1 aromatic carbocycles. The van der Waals surface area contributed by atoms with Crippen LogP contribution >= 0.6 is 11.6 Å². The normalized spacial score (nSPS) is 10.4. The number of alkyl halides is 1. The molecule has 0 spiro atoms. The lowest BCUT2D eigenvalue weighted by atomic mass is 10.1. The average molecular weight is 241 g/mol. The molecule has 82 valence electrons. The summed E-state index contributed by atoms with van der Waals surface area (Å²) in [5.74, 6) is -0.716. The maximum Gasteiger partial charge on any atom is 0.143 e. The van der Waals surface area contributed by atoms with Crippen LogP contribution in [0.3, 0.4) is 0 Å². The number of hydrogen-bond donors (Lipinski definition) is 0. The monoisotopic (exact) mass is 240 g/mol. The molecule has 1 heterocycles. The standard InChI is InChI=1S/C11H7ClF2N2/c12-6-11-15-4-3-10(16-11)8-2-1-7(13)5-9(8)14/h1-5H,6H2. The molecule has 0 aliphatic heterocycles. The Balaban J connectivity index is 2.49. The van der Waals surface area contributed by atoms with Gasteiger partial charge in [0.1, 0.15) is 17.5 Å². The lowest BCUT2D eigenvalue weighted by Crippen LogP contribution is -1.95. The highest BCUT2D eigenvalue weighted by molar-refractivity contribution is 6.16. The molecule has 0 bridgehead atoms. The van der Waals surface area contributed by atoms with Crippen LogP contribution in [0.2, 0.25) is 0 Å². The van der Waals surface area contributed by atoms with Gasteiger partial charge in [0.2, 0.25) is 0 Å². The van der Waals surface area contributed by atoms with Crippen molar-refractivity contribution in [3.05, 3.63) is 47.9 Å². The van der Waals surface area contributed by atoms with Crippen molar-refractivity contribution in [2.24, 2.45) is 0 Å². The van der Waals surface area contributed by atoms with E-state index in [9.17, 15) is 8.78 Å². The van der Waals surface area contributed by atoms with E-state index in [1.807, 2.05) is 0 Å². The predicted molar refractivity (Wildman–Crippen MR) is 56.9 cm³/mol. The van der Waals surface area contributed by atoms with Crippen LogP contribution in [0, 0.1) is 11.6 Å². The first-order valence-corrected chi connectivity index (χ1v) is 5.07. The molecule has 1 aromatic heterocycles. The molecule has 0 saturated heterocycles. The molecule has 2 aromatic rings. The highest BCUT2D eigenvalue weighted by Gasteiger charge is 2.08. The first kappa shape index (κ1) is 11.0. The molecule has 2 rings (SSSR count). The lowest BCUT2D eigenvalue weighted by Gasteiger charge is -2.03. The molecule has 0 aliphatic carbocycles. The van der Waals surface area contributed by atoms with Crippen LogP contribution in [0.5, 0.6) is 0 Å². The van der Waals surface area contributed by atoms with Crippen molar-refractivity contribution in [3.8, 4) is 11.3 Å². The summed E-state index contributed by atoms with van der Waals surface area (Å²) in [5, 5.41) is 0. The number of aromatic nitrogens is 2. The summed E-state index contributed by atoms with van der Waals surface area (Å²) in [7, 11) is 0. The topological polar surface area (TPSA) is 25.8 Å². The minimum absolute atomic E-state index is 0.149. The maximum absolute atomic E-state index is 13.4. The third-order valence-electron chi connectivity index (χ3n) is 2.03. The van der Waals surface area contributed by atoms with E-state index < -0.39 is 11.6 Å². The second-order valence-corrected chi connectivity index (χ2v) is 3.38. The average Bonchev–Trinajstić information content (AvgIpc) is 2.29. The van der Waals surface area contributed by atoms with E-state index in [2.05, 4.69) is 9.97 Å². The summed E-state index contributed by atoms with van der Waals surface area (Å²) in [6, 6.07) is 4.89. The predicted octanol–water partition coefficient (Wildman–Crippen LogP) is 3.16. The van der Waals surface area contributed by atoms with Crippen LogP contribution in [0.1, 0.15) is 5.82 Å². The highest BCUT2D eigenvalue weighted by Crippen LogP contribution is 2.21. The molecular formula is C11H7ClF2N2.